The minimum Gasteiger partial charge on any atom is -0.0616 e. The maximum absolute atomic E-state index is 8.50. The zero-order valence-electron chi connectivity index (χ0n) is 7.48. The fourth-order valence-corrected chi connectivity index (χ4v) is 2.83. The van der Waals surface area contributed by atoms with Crippen LogP contribution >= 0.6 is 31.9 Å². The van der Waals surface area contributed by atoms with Gasteiger partial charge in [-0.15, -0.1) is 0 Å². The van der Waals surface area contributed by atoms with Crippen molar-refractivity contribution in [3.63, 3.8) is 0 Å². The first-order chi connectivity index (χ1) is 7.24. The van der Waals surface area contributed by atoms with Crippen LogP contribution in [0, 0.1) is 0 Å². The van der Waals surface area contributed by atoms with Gasteiger partial charge in [0.05, 0.1) is 5.69 Å². The Balaban J connectivity index is 2.95. The molecule has 0 fully saturated rings. The summed E-state index contributed by atoms with van der Waals surface area (Å²) in [5.41, 5.74) is 9.12. The van der Waals surface area contributed by atoms with Crippen LogP contribution in [0.2, 0.25) is 0 Å². The first kappa shape index (κ1) is 10.5. The molecule has 2 rings (SSSR count). The Morgan fingerprint density at radius 2 is 1.73 bits per heavy atom. The van der Waals surface area contributed by atoms with Gasteiger partial charge in [-0.3, -0.25) is 0 Å². The zero-order valence-corrected chi connectivity index (χ0v) is 10.7. The Labute approximate surface area is 103 Å². The van der Waals surface area contributed by atoms with Gasteiger partial charge in [0, 0.05) is 13.9 Å². The molecule has 0 unspecified atom stereocenters. The molecule has 0 aliphatic heterocycles. The number of hydrogen-bond acceptors (Lipinski definition) is 1. The van der Waals surface area contributed by atoms with Crippen LogP contribution < -0.4 is 0 Å². The van der Waals surface area contributed by atoms with Gasteiger partial charge in [-0.05, 0) is 22.4 Å². The molecule has 0 aliphatic rings. The van der Waals surface area contributed by atoms with Crippen molar-refractivity contribution in [2.24, 2.45) is 5.11 Å². The zero-order chi connectivity index (χ0) is 10.8. The van der Waals surface area contributed by atoms with Crippen LogP contribution in [0.3, 0.4) is 0 Å². The van der Waals surface area contributed by atoms with Crippen LogP contribution in [0.4, 0.5) is 5.69 Å². The van der Waals surface area contributed by atoms with Crippen molar-refractivity contribution in [1.82, 2.24) is 0 Å². The van der Waals surface area contributed by atoms with E-state index < -0.39 is 0 Å². The predicted octanol–water partition coefficient (Wildman–Crippen LogP) is 5.31. The molecule has 2 aromatic carbocycles. The van der Waals surface area contributed by atoms with Gasteiger partial charge in [0.25, 0.3) is 0 Å². The summed E-state index contributed by atoms with van der Waals surface area (Å²) in [5.74, 6) is 0. The fraction of sp³-hybridized carbons (Fsp3) is 0. The quantitative estimate of drug-likeness (QED) is 0.387. The highest BCUT2D eigenvalue weighted by Gasteiger charge is 2.06. The summed E-state index contributed by atoms with van der Waals surface area (Å²) in [6, 6.07) is 9.64. The molecule has 0 bridgehead atoms. The Hall–Kier alpha value is -1.03. The summed E-state index contributed by atoms with van der Waals surface area (Å²) in [7, 11) is 0. The van der Waals surface area contributed by atoms with E-state index >= 15 is 0 Å². The Kier molecular flexibility index (Phi) is 2.95. The highest BCUT2D eigenvalue weighted by atomic mass is 79.9. The van der Waals surface area contributed by atoms with Crippen molar-refractivity contribution in [3.8, 4) is 0 Å². The van der Waals surface area contributed by atoms with Gasteiger partial charge >= 0.3 is 0 Å². The van der Waals surface area contributed by atoms with Gasteiger partial charge in [-0.25, -0.2) is 0 Å². The maximum atomic E-state index is 8.50. The molecule has 0 heterocycles. The molecule has 2 aromatic rings. The van der Waals surface area contributed by atoms with Gasteiger partial charge in [-0.2, -0.15) is 0 Å². The summed E-state index contributed by atoms with van der Waals surface area (Å²) in [4.78, 5) is 2.83. The Bertz CT molecular complexity index is 574. The molecular weight excluding hydrogens is 322 g/mol. The standard InChI is InChI=1S/C10H5Br2N3/c11-8-5-9(12)10(14-15-13)7-4-2-1-3-6(7)8/h1-5H. The lowest BCUT2D eigenvalue weighted by Gasteiger charge is -2.05. The predicted molar refractivity (Wildman–Crippen MR) is 68.2 cm³/mol. The van der Waals surface area contributed by atoms with Crippen molar-refractivity contribution in [2.75, 3.05) is 0 Å². The van der Waals surface area contributed by atoms with Crippen molar-refractivity contribution in [3.05, 3.63) is 49.7 Å². The van der Waals surface area contributed by atoms with E-state index in [1.165, 1.54) is 0 Å². The highest BCUT2D eigenvalue weighted by molar-refractivity contribution is 9.11. The number of rotatable bonds is 1. The molecule has 0 spiro atoms. The number of nitrogens with zero attached hydrogens (tertiary/aromatic N) is 3. The van der Waals surface area contributed by atoms with E-state index in [0.717, 1.165) is 19.7 Å². The van der Waals surface area contributed by atoms with Gasteiger partial charge in [0.15, 0.2) is 0 Å². The first-order valence-electron chi connectivity index (χ1n) is 4.16. The van der Waals surface area contributed by atoms with Gasteiger partial charge in [0.2, 0.25) is 0 Å². The van der Waals surface area contributed by atoms with E-state index in [9.17, 15) is 0 Å². The minimum atomic E-state index is 0.622. The summed E-state index contributed by atoms with van der Waals surface area (Å²) >= 11 is 6.84. The molecule has 0 atom stereocenters. The largest absolute Gasteiger partial charge is 0.0616 e. The van der Waals surface area contributed by atoms with E-state index in [1.807, 2.05) is 30.3 Å². The van der Waals surface area contributed by atoms with Crippen molar-refractivity contribution < 1.29 is 0 Å². The van der Waals surface area contributed by atoms with Crippen molar-refractivity contribution in [2.45, 2.75) is 0 Å². The van der Waals surface area contributed by atoms with Crippen LogP contribution in [-0.4, -0.2) is 0 Å². The number of azide groups is 1. The van der Waals surface area contributed by atoms with Crippen LogP contribution in [-0.2, 0) is 0 Å². The summed E-state index contributed by atoms with van der Waals surface area (Å²) in [6.07, 6.45) is 0. The molecule has 0 N–H and O–H groups in total. The highest BCUT2D eigenvalue weighted by Crippen LogP contribution is 2.38. The third-order valence-electron chi connectivity index (χ3n) is 2.06. The molecule has 0 amide bonds. The van der Waals surface area contributed by atoms with Gasteiger partial charge in [-0.1, -0.05) is 61.2 Å². The van der Waals surface area contributed by atoms with E-state index in [0.29, 0.717) is 5.69 Å². The lowest BCUT2D eigenvalue weighted by molar-refractivity contribution is 1.48. The number of fused-ring (bicyclic) bond motifs is 1. The topological polar surface area (TPSA) is 48.8 Å². The van der Waals surface area contributed by atoms with Crippen LogP contribution in [0.15, 0.2) is 44.4 Å². The van der Waals surface area contributed by atoms with Crippen molar-refractivity contribution >= 4 is 48.3 Å². The van der Waals surface area contributed by atoms with Crippen LogP contribution in [0.25, 0.3) is 21.2 Å². The molecule has 0 saturated heterocycles. The molecule has 3 nitrogen and oxygen atoms in total. The summed E-state index contributed by atoms with van der Waals surface area (Å²) in [5, 5.41) is 5.65. The number of hydrogen-bond donors (Lipinski definition) is 0. The lowest BCUT2D eigenvalue weighted by Crippen LogP contribution is -1.77. The molecule has 5 heteroatoms. The van der Waals surface area contributed by atoms with E-state index in [1.54, 1.807) is 0 Å². The number of halogens is 2. The maximum Gasteiger partial charge on any atom is 0.0596 e. The third-order valence-corrected chi connectivity index (χ3v) is 3.32. The second-order valence-electron chi connectivity index (χ2n) is 2.92. The number of benzene rings is 2. The van der Waals surface area contributed by atoms with Crippen LogP contribution in [0.5, 0.6) is 0 Å². The molecule has 0 saturated carbocycles. The monoisotopic (exact) mass is 325 g/mol. The Morgan fingerprint density at radius 1 is 1.07 bits per heavy atom. The normalized spacial score (nSPS) is 10.0. The molecule has 74 valence electrons. The second-order valence-corrected chi connectivity index (χ2v) is 4.63. The first-order valence-corrected chi connectivity index (χ1v) is 5.74. The molecule has 0 aromatic heterocycles. The van der Waals surface area contributed by atoms with Gasteiger partial charge < -0.3 is 0 Å². The SMILES string of the molecule is [N-]=[N+]=Nc1c(Br)cc(Br)c2ccccc12. The smallest absolute Gasteiger partial charge is 0.0596 e. The summed E-state index contributed by atoms with van der Waals surface area (Å²) in [6.45, 7) is 0. The molecule has 0 radical (unpaired) electrons. The molecule has 15 heavy (non-hydrogen) atoms. The van der Waals surface area contributed by atoms with E-state index in [2.05, 4.69) is 41.9 Å². The van der Waals surface area contributed by atoms with E-state index in [4.69, 9.17) is 5.53 Å². The second kappa shape index (κ2) is 4.23. The van der Waals surface area contributed by atoms with Gasteiger partial charge in [0.1, 0.15) is 0 Å². The average Bonchev–Trinajstić information content (AvgIpc) is 2.24. The average molecular weight is 327 g/mol. The van der Waals surface area contributed by atoms with E-state index in [-0.39, 0.29) is 0 Å². The third kappa shape index (κ3) is 1.86. The van der Waals surface area contributed by atoms with Crippen molar-refractivity contribution in [1.29, 1.82) is 0 Å². The fourth-order valence-electron chi connectivity index (χ4n) is 1.43. The molecular formula is C10H5Br2N3. The van der Waals surface area contributed by atoms with Crippen LogP contribution in [0.1, 0.15) is 0 Å². The molecule has 0 aliphatic carbocycles. The minimum absolute atomic E-state index is 0.622. The Morgan fingerprint density at radius 3 is 2.40 bits per heavy atom. The summed E-state index contributed by atoms with van der Waals surface area (Å²) < 4.78 is 1.76. The lowest BCUT2D eigenvalue weighted by atomic mass is 10.1.